The van der Waals surface area contributed by atoms with E-state index in [0.717, 1.165) is 31.4 Å². The topological polar surface area (TPSA) is 66.9 Å². The molecule has 1 aromatic carbocycles. The van der Waals surface area contributed by atoms with Gasteiger partial charge in [0.15, 0.2) is 0 Å². The van der Waals surface area contributed by atoms with Gasteiger partial charge in [0.1, 0.15) is 17.3 Å². The van der Waals surface area contributed by atoms with E-state index in [-0.39, 0.29) is 23.2 Å². The zero-order valence-corrected chi connectivity index (χ0v) is 14.3. The highest BCUT2D eigenvalue weighted by atomic mass is 19.1. The third-order valence-corrected chi connectivity index (χ3v) is 4.18. The maximum absolute atomic E-state index is 13.7. The Labute approximate surface area is 150 Å². The Bertz CT molecular complexity index is 823. The third-order valence-electron chi connectivity index (χ3n) is 4.18. The molecular weight excluding hydrogens is 338 g/mol. The fourth-order valence-electron chi connectivity index (χ4n) is 2.82. The van der Waals surface area contributed by atoms with E-state index in [9.17, 15) is 13.6 Å². The molecule has 1 amide bonds. The molecular formula is C19H20F2N4O. The normalized spacial score (nSPS) is 13.8. The van der Waals surface area contributed by atoms with Gasteiger partial charge in [-0.15, -0.1) is 0 Å². The number of benzene rings is 1. The number of hydrogen-bond donors (Lipinski definition) is 2. The maximum atomic E-state index is 13.7. The number of carbonyl (C=O) groups excluding carboxylic acids is 1. The minimum absolute atomic E-state index is 0.0354. The molecule has 0 fully saturated rings. The van der Waals surface area contributed by atoms with Crippen molar-refractivity contribution in [2.24, 2.45) is 0 Å². The molecule has 1 aliphatic carbocycles. The molecule has 0 spiro atoms. The van der Waals surface area contributed by atoms with Crippen molar-refractivity contribution in [1.82, 2.24) is 15.3 Å². The van der Waals surface area contributed by atoms with Gasteiger partial charge in [0.2, 0.25) is 5.95 Å². The van der Waals surface area contributed by atoms with Crippen LogP contribution in [0.1, 0.15) is 42.6 Å². The number of allylic oxidation sites excluding steroid dienone is 1. The summed E-state index contributed by atoms with van der Waals surface area (Å²) in [6, 6.07) is 4.63. The predicted molar refractivity (Wildman–Crippen MR) is 95.2 cm³/mol. The van der Waals surface area contributed by atoms with Gasteiger partial charge >= 0.3 is 0 Å². The van der Waals surface area contributed by atoms with Crippen molar-refractivity contribution >= 4 is 17.5 Å². The molecule has 2 aromatic rings. The van der Waals surface area contributed by atoms with Crippen LogP contribution < -0.4 is 10.6 Å². The van der Waals surface area contributed by atoms with E-state index in [1.807, 2.05) is 0 Å². The molecule has 1 aromatic heterocycles. The molecule has 0 bridgehead atoms. The lowest BCUT2D eigenvalue weighted by atomic mass is 9.97. The minimum Gasteiger partial charge on any atom is -0.350 e. The first kappa shape index (κ1) is 18.0. The SMILES string of the molecule is O=C(NCCC1=CCCCC1)c1ccnc(Nc2ccc(F)cc2F)n1. The molecule has 0 saturated heterocycles. The lowest BCUT2D eigenvalue weighted by molar-refractivity contribution is 0.0949. The van der Waals surface area contributed by atoms with E-state index in [0.29, 0.717) is 6.54 Å². The van der Waals surface area contributed by atoms with E-state index in [2.05, 4.69) is 26.7 Å². The average molecular weight is 358 g/mol. The van der Waals surface area contributed by atoms with Gasteiger partial charge in [0.25, 0.3) is 5.91 Å². The number of nitrogens with one attached hydrogen (secondary N) is 2. The summed E-state index contributed by atoms with van der Waals surface area (Å²) >= 11 is 0. The molecule has 3 rings (SSSR count). The first-order valence-electron chi connectivity index (χ1n) is 8.63. The summed E-state index contributed by atoms with van der Waals surface area (Å²) in [5.74, 6) is -1.68. The molecule has 0 saturated carbocycles. The lowest BCUT2D eigenvalue weighted by Gasteiger charge is -2.13. The van der Waals surface area contributed by atoms with Gasteiger partial charge in [-0.1, -0.05) is 11.6 Å². The second-order valence-electron chi connectivity index (χ2n) is 6.13. The van der Waals surface area contributed by atoms with E-state index in [1.165, 1.54) is 36.7 Å². The molecule has 0 atom stereocenters. The largest absolute Gasteiger partial charge is 0.350 e. The Balaban J connectivity index is 1.59. The molecule has 5 nitrogen and oxygen atoms in total. The summed E-state index contributed by atoms with van der Waals surface area (Å²) in [4.78, 5) is 20.3. The number of halogens is 2. The molecule has 7 heteroatoms. The number of nitrogens with zero attached hydrogens (tertiary/aromatic N) is 2. The Morgan fingerprint density at radius 1 is 1.19 bits per heavy atom. The fraction of sp³-hybridized carbons (Fsp3) is 0.316. The highest BCUT2D eigenvalue weighted by molar-refractivity contribution is 5.92. The number of hydrogen-bond acceptors (Lipinski definition) is 4. The summed E-state index contributed by atoms with van der Waals surface area (Å²) in [6.07, 6.45) is 9.16. The van der Waals surface area contributed by atoms with E-state index in [4.69, 9.17) is 0 Å². The minimum atomic E-state index is -0.760. The number of carbonyl (C=O) groups is 1. The van der Waals surface area contributed by atoms with E-state index >= 15 is 0 Å². The van der Waals surface area contributed by atoms with Crippen molar-refractivity contribution in [3.8, 4) is 0 Å². The van der Waals surface area contributed by atoms with Crippen LogP contribution in [-0.4, -0.2) is 22.4 Å². The molecule has 136 valence electrons. The highest BCUT2D eigenvalue weighted by Gasteiger charge is 2.11. The van der Waals surface area contributed by atoms with Crippen molar-refractivity contribution < 1.29 is 13.6 Å². The predicted octanol–water partition coefficient (Wildman–Crippen LogP) is 4.12. The zero-order chi connectivity index (χ0) is 18.4. The number of aromatic nitrogens is 2. The summed E-state index contributed by atoms with van der Waals surface area (Å²) in [5, 5.41) is 5.48. The Morgan fingerprint density at radius 3 is 2.85 bits per heavy atom. The van der Waals surface area contributed by atoms with E-state index < -0.39 is 11.6 Å². The van der Waals surface area contributed by atoms with Crippen LogP contribution in [0, 0.1) is 11.6 Å². The van der Waals surface area contributed by atoms with Gasteiger partial charge in [0, 0.05) is 18.8 Å². The molecule has 26 heavy (non-hydrogen) atoms. The smallest absolute Gasteiger partial charge is 0.270 e. The monoisotopic (exact) mass is 358 g/mol. The standard InChI is InChI=1S/C19H20F2N4O/c20-14-6-7-16(15(21)12-14)24-19-23-11-9-17(25-19)18(26)22-10-8-13-4-2-1-3-5-13/h4,6-7,9,11-12H,1-3,5,8,10H2,(H,22,26)(H,23,24,25). The van der Waals surface area contributed by atoms with Crippen LogP contribution >= 0.6 is 0 Å². The number of anilines is 2. The van der Waals surface area contributed by atoms with Gasteiger partial charge in [-0.2, -0.15) is 0 Å². The maximum Gasteiger partial charge on any atom is 0.270 e. The zero-order valence-electron chi connectivity index (χ0n) is 14.3. The molecule has 1 aliphatic rings. The third kappa shape index (κ3) is 4.84. The van der Waals surface area contributed by atoms with Crippen LogP contribution in [0.3, 0.4) is 0 Å². The molecule has 2 N–H and O–H groups in total. The van der Waals surface area contributed by atoms with Crippen molar-refractivity contribution in [3.05, 3.63) is 59.4 Å². The van der Waals surface area contributed by atoms with Crippen LogP contribution in [0.15, 0.2) is 42.1 Å². The Hall–Kier alpha value is -2.83. The van der Waals surface area contributed by atoms with Gasteiger partial charge in [-0.3, -0.25) is 4.79 Å². The number of amides is 1. The van der Waals surface area contributed by atoms with Crippen LogP contribution in [0.2, 0.25) is 0 Å². The molecule has 0 aliphatic heterocycles. The van der Waals surface area contributed by atoms with E-state index in [1.54, 1.807) is 0 Å². The second-order valence-corrected chi connectivity index (χ2v) is 6.13. The molecule has 0 radical (unpaired) electrons. The second kappa shape index (κ2) is 8.51. The Morgan fingerprint density at radius 2 is 2.08 bits per heavy atom. The fourth-order valence-corrected chi connectivity index (χ4v) is 2.82. The first-order valence-corrected chi connectivity index (χ1v) is 8.63. The van der Waals surface area contributed by atoms with Gasteiger partial charge in [-0.05, 0) is 50.3 Å². The molecule has 1 heterocycles. The highest BCUT2D eigenvalue weighted by Crippen LogP contribution is 2.20. The van der Waals surface area contributed by atoms with Gasteiger partial charge < -0.3 is 10.6 Å². The van der Waals surface area contributed by atoms with Gasteiger partial charge in [-0.25, -0.2) is 18.7 Å². The van der Waals surface area contributed by atoms with Gasteiger partial charge in [0.05, 0.1) is 5.69 Å². The summed E-state index contributed by atoms with van der Waals surface area (Å²) in [7, 11) is 0. The summed E-state index contributed by atoms with van der Waals surface area (Å²) in [6.45, 7) is 0.546. The summed E-state index contributed by atoms with van der Waals surface area (Å²) in [5.41, 5.74) is 1.60. The van der Waals surface area contributed by atoms with Crippen LogP contribution in [0.25, 0.3) is 0 Å². The van der Waals surface area contributed by atoms with Crippen LogP contribution in [-0.2, 0) is 0 Å². The van der Waals surface area contributed by atoms with Crippen LogP contribution in [0.4, 0.5) is 20.4 Å². The van der Waals surface area contributed by atoms with Crippen molar-refractivity contribution in [1.29, 1.82) is 0 Å². The van der Waals surface area contributed by atoms with Crippen molar-refractivity contribution in [2.75, 3.05) is 11.9 Å². The molecule has 0 unspecified atom stereocenters. The number of rotatable bonds is 6. The average Bonchev–Trinajstić information content (AvgIpc) is 2.65. The first-order chi connectivity index (χ1) is 12.6. The lowest BCUT2D eigenvalue weighted by Crippen LogP contribution is -2.26. The van der Waals surface area contributed by atoms with Crippen molar-refractivity contribution in [2.45, 2.75) is 32.1 Å². The summed E-state index contributed by atoms with van der Waals surface area (Å²) < 4.78 is 26.6. The quantitative estimate of drug-likeness (QED) is 0.763. The van der Waals surface area contributed by atoms with Crippen molar-refractivity contribution in [3.63, 3.8) is 0 Å². The van der Waals surface area contributed by atoms with Crippen LogP contribution in [0.5, 0.6) is 0 Å². The Kier molecular flexibility index (Phi) is 5.88.